The zero-order valence-corrected chi connectivity index (χ0v) is 5.64. The van der Waals surface area contributed by atoms with E-state index in [9.17, 15) is 18.0 Å². The van der Waals surface area contributed by atoms with Crippen LogP contribution in [0.5, 0.6) is 5.75 Å². The molecule has 0 radical (unpaired) electrons. The molecular weight excluding hydrogens is 175 g/mol. The first kappa shape index (κ1) is 8.63. The maximum absolute atomic E-state index is 12.6. The molecule has 1 aromatic heterocycles. The average molecular weight is 179 g/mol. The van der Waals surface area contributed by atoms with E-state index < -0.39 is 29.1 Å². The van der Waals surface area contributed by atoms with E-state index in [0.29, 0.717) is 6.20 Å². The van der Waals surface area contributed by atoms with Gasteiger partial charge in [-0.2, -0.15) is 0 Å². The van der Waals surface area contributed by atoms with Gasteiger partial charge in [-0.15, -0.1) is 0 Å². The topological polar surface area (TPSA) is 53.1 Å². The lowest BCUT2D eigenvalue weighted by atomic mass is 10.2. The molecule has 3 nitrogen and oxygen atoms in total. The van der Waals surface area contributed by atoms with E-state index in [1.54, 1.807) is 4.98 Å². The number of alkyl halides is 2. The number of rotatable bonds is 1. The first-order valence-corrected chi connectivity index (χ1v) is 2.92. The fourth-order valence-corrected chi connectivity index (χ4v) is 0.708. The minimum atomic E-state index is -3.24. The molecule has 0 atom stereocenters. The lowest BCUT2D eigenvalue weighted by molar-refractivity contribution is 0.143. The number of H-pyrrole nitrogens is 1. The molecule has 0 bridgehead atoms. The molecule has 0 saturated carbocycles. The average Bonchev–Trinajstić information content (AvgIpc) is 1.97. The van der Waals surface area contributed by atoms with Gasteiger partial charge in [-0.25, -0.2) is 13.2 Å². The van der Waals surface area contributed by atoms with Crippen LogP contribution in [-0.2, 0) is 0 Å². The third-order valence-electron chi connectivity index (χ3n) is 1.26. The van der Waals surface area contributed by atoms with Gasteiger partial charge in [0.25, 0.3) is 12.0 Å². The van der Waals surface area contributed by atoms with Crippen LogP contribution in [0.3, 0.4) is 0 Å². The number of pyridine rings is 1. The van der Waals surface area contributed by atoms with E-state index >= 15 is 0 Å². The van der Waals surface area contributed by atoms with Crippen LogP contribution in [-0.4, -0.2) is 10.1 Å². The largest absolute Gasteiger partial charge is 0.504 e. The first-order valence-electron chi connectivity index (χ1n) is 2.92. The highest BCUT2D eigenvalue weighted by atomic mass is 19.3. The predicted octanol–water partition coefficient (Wildman–Crippen LogP) is 1.16. The van der Waals surface area contributed by atoms with Gasteiger partial charge in [-0.05, 0) is 0 Å². The zero-order chi connectivity index (χ0) is 9.30. The summed E-state index contributed by atoms with van der Waals surface area (Å²) in [5.41, 5.74) is -2.57. The van der Waals surface area contributed by atoms with Gasteiger partial charge >= 0.3 is 0 Å². The second kappa shape index (κ2) is 2.88. The van der Waals surface area contributed by atoms with E-state index in [0.717, 1.165) is 0 Å². The molecule has 0 aliphatic heterocycles. The number of hydrogen-bond acceptors (Lipinski definition) is 2. The van der Waals surface area contributed by atoms with E-state index in [1.165, 1.54) is 0 Å². The van der Waals surface area contributed by atoms with Gasteiger partial charge in [0.15, 0.2) is 11.6 Å². The Labute approximate surface area is 64.5 Å². The molecule has 0 aromatic carbocycles. The molecule has 2 N–H and O–H groups in total. The standard InChI is InChI=1S/C6H4F3NO2/c7-4-2(11)1-10-6(12)3(4)5(8)9/h1,5,11H,(H,10,12). The molecule has 0 spiro atoms. The molecule has 0 amide bonds. The molecule has 0 aliphatic rings. The number of aromatic hydroxyl groups is 1. The summed E-state index contributed by atoms with van der Waals surface area (Å²) in [4.78, 5) is 12.3. The summed E-state index contributed by atoms with van der Waals surface area (Å²) in [6.07, 6.45) is -2.62. The summed E-state index contributed by atoms with van der Waals surface area (Å²) < 4.78 is 36.4. The van der Waals surface area contributed by atoms with Crippen LogP contribution in [0.25, 0.3) is 0 Å². The Bertz CT molecular complexity index is 347. The number of aromatic amines is 1. The van der Waals surface area contributed by atoms with Crippen molar-refractivity contribution in [1.29, 1.82) is 0 Å². The van der Waals surface area contributed by atoms with Crippen LogP contribution in [0.15, 0.2) is 11.0 Å². The second-order valence-corrected chi connectivity index (χ2v) is 2.03. The van der Waals surface area contributed by atoms with Crippen molar-refractivity contribution in [2.45, 2.75) is 6.43 Å². The van der Waals surface area contributed by atoms with Crippen molar-refractivity contribution in [3.8, 4) is 5.75 Å². The molecule has 1 heterocycles. The highest BCUT2D eigenvalue weighted by Crippen LogP contribution is 2.22. The molecule has 66 valence electrons. The van der Waals surface area contributed by atoms with Crippen molar-refractivity contribution in [1.82, 2.24) is 4.98 Å². The summed E-state index contributed by atoms with van der Waals surface area (Å²) >= 11 is 0. The minimum absolute atomic E-state index is 0.615. The summed E-state index contributed by atoms with van der Waals surface area (Å²) in [7, 11) is 0. The van der Waals surface area contributed by atoms with Crippen LogP contribution >= 0.6 is 0 Å². The van der Waals surface area contributed by atoms with Gasteiger partial charge in [0.05, 0.1) is 0 Å². The van der Waals surface area contributed by atoms with Gasteiger partial charge in [0.2, 0.25) is 0 Å². The SMILES string of the molecule is O=c1[nH]cc(O)c(F)c1C(F)F. The first-order chi connectivity index (χ1) is 5.54. The lowest BCUT2D eigenvalue weighted by Gasteiger charge is -2.00. The molecule has 0 aliphatic carbocycles. The summed E-state index contributed by atoms with van der Waals surface area (Å²) in [6, 6.07) is 0. The van der Waals surface area contributed by atoms with Crippen LogP contribution in [0, 0.1) is 5.82 Å². The Hall–Kier alpha value is -1.46. The smallest absolute Gasteiger partial charge is 0.272 e. The number of hydrogen-bond donors (Lipinski definition) is 2. The highest BCUT2D eigenvalue weighted by Gasteiger charge is 2.20. The minimum Gasteiger partial charge on any atom is -0.504 e. The lowest BCUT2D eigenvalue weighted by Crippen LogP contribution is -2.14. The van der Waals surface area contributed by atoms with Gasteiger partial charge < -0.3 is 10.1 Å². The Morgan fingerprint density at radius 1 is 1.50 bits per heavy atom. The Morgan fingerprint density at radius 2 is 2.08 bits per heavy atom. The maximum Gasteiger partial charge on any atom is 0.272 e. The third-order valence-corrected chi connectivity index (χ3v) is 1.26. The van der Waals surface area contributed by atoms with Crippen LogP contribution in [0.2, 0.25) is 0 Å². The quantitative estimate of drug-likeness (QED) is 0.679. The molecule has 1 rings (SSSR count). The van der Waals surface area contributed by atoms with Crippen molar-refractivity contribution >= 4 is 0 Å². The molecule has 0 fully saturated rings. The van der Waals surface area contributed by atoms with Crippen LogP contribution < -0.4 is 5.56 Å². The maximum atomic E-state index is 12.6. The molecule has 6 heteroatoms. The Kier molecular flexibility index (Phi) is 2.07. The Morgan fingerprint density at radius 3 is 2.50 bits per heavy atom. The van der Waals surface area contributed by atoms with Crippen molar-refractivity contribution < 1.29 is 18.3 Å². The molecular formula is C6H4F3NO2. The second-order valence-electron chi connectivity index (χ2n) is 2.03. The third kappa shape index (κ3) is 1.27. The van der Waals surface area contributed by atoms with E-state index in [4.69, 9.17) is 5.11 Å². The van der Waals surface area contributed by atoms with Crippen molar-refractivity contribution in [2.24, 2.45) is 0 Å². The van der Waals surface area contributed by atoms with Gasteiger partial charge in [-0.3, -0.25) is 4.79 Å². The van der Waals surface area contributed by atoms with Crippen molar-refractivity contribution in [3.63, 3.8) is 0 Å². The summed E-state index contributed by atoms with van der Waals surface area (Å²) in [5, 5.41) is 8.59. The van der Waals surface area contributed by atoms with Crippen LogP contribution in [0.1, 0.15) is 12.0 Å². The van der Waals surface area contributed by atoms with E-state index in [1.807, 2.05) is 0 Å². The fraction of sp³-hybridized carbons (Fsp3) is 0.167. The van der Waals surface area contributed by atoms with Gasteiger partial charge in [-0.1, -0.05) is 0 Å². The fourth-order valence-electron chi connectivity index (χ4n) is 0.708. The monoisotopic (exact) mass is 179 g/mol. The van der Waals surface area contributed by atoms with Gasteiger partial charge in [0.1, 0.15) is 5.56 Å². The highest BCUT2D eigenvalue weighted by molar-refractivity contribution is 5.25. The molecule has 0 saturated heterocycles. The Balaban J connectivity index is 3.43. The van der Waals surface area contributed by atoms with E-state index in [-0.39, 0.29) is 0 Å². The van der Waals surface area contributed by atoms with Crippen molar-refractivity contribution in [3.05, 3.63) is 27.9 Å². The van der Waals surface area contributed by atoms with E-state index in [2.05, 4.69) is 0 Å². The predicted molar refractivity (Wildman–Crippen MR) is 33.6 cm³/mol. The van der Waals surface area contributed by atoms with Gasteiger partial charge in [0, 0.05) is 6.20 Å². The number of nitrogens with one attached hydrogen (secondary N) is 1. The summed E-state index contributed by atoms with van der Waals surface area (Å²) in [5.74, 6) is -2.57. The number of aromatic nitrogens is 1. The molecule has 12 heavy (non-hydrogen) atoms. The van der Waals surface area contributed by atoms with Crippen molar-refractivity contribution in [2.75, 3.05) is 0 Å². The zero-order valence-electron chi connectivity index (χ0n) is 5.64. The van der Waals surface area contributed by atoms with Crippen LogP contribution in [0.4, 0.5) is 13.2 Å². The summed E-state index contributed by atoms with van der Waals surface area (Å²) in [6.45, 7) is 0. The number of halogens is 3. The molecule has 1 aromatic rings. The molecule has 0 unspecified atom stereocenters. The normalized spacial score (nSPS) is 10.7.